The molecule has 3 amide bonds. The molecule has 0 unspecified atom stereocenters. The first-order valence-electron chi connectivity index (χ1n) is 8.72. The fourth-order valence-electron chi connectivity index (χ4n) is 3.07. The van der Waals surface area contributed by atoms with Crippen molar-refractivity contribution >= 4 is 23.3 Å². The van der Waals surface area contributed by atoms with Crippen molar-refractivity contribution in [3.8, 4) is 5.69 Å². The van der Waals surface area contributed by atoms with Gasteiger partial charge in [0.1, 0.15) is 6.54 Å². The molecular formula is C20H19N5O2. The number of amides is 3. The van der Waals surface area contributed by atoms with Crippen LogP contribution in [0.2, 0.25) is 0 Å². The summed E-state index contributed by atoms with van der Waals surface area (Å²) in [4.78, 5) is 28.1. The Morgan fingerprint density at radius 1 is 0.963 bits per heavy atom. The summed E-state index contributed by atoms with van der Waals surface area (Å²) >= 11 is 0. The molecule has 1 aliphatic rings. The van der Waals surface area contributed by atoms with Gasteiger partial charge in [0.15, 0.2) is 0 Å². The summed E-state index contributed by atoms with van der Waals surface area (Å²) in [7, 11) is 0. The molecule has 0 spiro atoms. The lowest BCUT2D eigenvalue weighted by Crippen LogP contribution is -2.37. The number of nitrogens with zero attached hydrogens (tertiary/aromatic N) is 4. The van der Waals surface area contributed by atoms with E-state index in [1.165, 1.54) is 0 Å². The third kappa shape index (κ3) is 3.67. The van der Waals surface area contributed by atoms with E-state index in [4.69, 9.17) is 0 Å². The molecule has 0 radical (unpaired) electrons. The zero-order chi connectivity index (χ0) is 18.6. The maximum Gasteiger partial charge on any atom is 0.325 e. The lowest BCUT2D eigenvalue weighted by Gasteiger charge is -2.18. The van der Waals surface area contributed by atoms with Crippen LogP contribution in [0, 0.1) is 0 Å². The van der Waals surface area contributed by atoms with Crippen LogP contribution in [0.5, 0.6) is 0 Å². The van der Waals surface area contributed by atoms with E-state index in [1.54, 1.807) is 20.7 Å². The van der Waals surface area contributed by atoms with E-state index in [0.717, 1.165) is 11.4 Å². The van der Waals surface area contributed by atoms with E-state index in [1.807, 2.05) is 66.9 Å². The smallest absolute Gasteiger partial charge is 0.325 e. The first-order chi connectivity index (χ1) is 13.2. The Morgan fingerprint density at radius 2 is 1.74 bits per heavy atom. The molecule has 0 aliphatic carbocycles. The Morgan fingerprint density at radius 3 is 2.44 bits per heavy atom. The van der Waals surface area contributed by atoms with Crippen molar-refractivity contribution in [3.05, 3.63) is 73.1 Å². The molecular weight excluding hydrogens is 342 g/mol. The number of carbonyl (C=O) groups excluding carboxylic acids is 2. The van der Waals surface area contributed by atoms with Crippen molar-refractivity contribution in [1.82, 2.24) is 14.7 Å². The van der Waals surface area contributed by atoms with Gasteiger partial charge in [-0.1, -0.05) is 18.2 Å². The highest BCUT2D eigenvalue weighted by molar-refractivity contribution is 5.99. The minimum atomic E-state index is -0.217. The van der Waals surface area contributed by atoms with Gasteiger partial charge in [-0.2, -0.15) is 5.10 Å². The molecule has 3 aromatic rings. The Labute approximate surface area is 156 Å². The zero-order valence-corrected chi connectivity index (χ0v) is 14.7. The summed E-state index contributed by atoms with van der Waals surface area (Å²) in [5.74, 6) is -0.217. The lowest BCUT2D eigenvalue weighted by atomic mass is 10.3. The predicted molar refractivity (Wildman–Crippen MR) is 103 cm³/mol. The molecule has 2 heterocycles. The van der Waals surface area contributed by atoms with Crippen molar-refractivity contribution in [3.63, 3.8) is 0 Å². The molecule has 27 heavy (non-hydrogen) atoms. The number of para-hydroxylation sites is 1. The van der Waals surface area contributed by atoms with Crippen molar-refractivity contribution < 1.29 is 9.59 Å². The third-order valence-electron chi connectivity index (χ3n) is 4.42. The minimum Gasteiger partial charge on any atom is -0.325 e. The van der Waals surface area contributed by atoms with Crippen LogP contribution in [-0.2, 0) is 4.79 Å². The molecule has 4 rings (SSSR count). The van der Waals surface area contributed by atoms with E-state index in [9.17, 15) is 9.59 Å². The minimum absolute atomic E-state index is 0.0308. The van der Waals surface area contributed by atoms with Gasteiger partial charge in [-0.25, -0.2) is 9.48 Å². The second kappa shape index (κ2) is 7.33. The number of hydrogen-bond acceptors (Lipinski definition) is 3. The van der Waals surface area contributed by atoms with Gasteiger partial charge in [-0.15, -0.1) is 0 Å². The fraction of sp³-hybridized carbons (Fsp3) is 0.150. The summed E-state index contributed by atoms with van der Waals surface area (Å²) < 4.78 is 1.74. The molecule has 1 aromatic heterocycles. The number of rotatable bonds is 5. The average Bonchev–Trinajstić information content (AvgIpc) is 3.34. The standard InChI is InChI=1S/C20H19N5O2/c26-19(22-16-7-9-18(10-8-16)25-12-4-11-21-25)15-23-13-14-24(20(23)27)17-5-2-1-3-6-17/h1-12H,13-15H2,(H,22,26). The molecule has 7 nitrogen and oxygen atoms in total. The van der Waals surface area contributed by atoms with E-state index in [0.29, 0.717) is 18.8 Å². The van der Waals surface area contributed by atoms with Crippen LogP contribution >= 0.6 is 0 Å². The van der Waals surface area contributed by atoms with Gasteiger partial charge < -0.3 is 10.2 Å². The summed E-state index contributed by atoms with van der Waals surface area (Å²) in [6.07, 6.45) is 3.56. The molecule has 0 bridgehead atoms. The number of anilines is 2. The highest BCUT2D eigenvalue weighted by atomic mass is 16.2. The first kappa shape index (κ1) is 16.8. The highest BCUT2D eigenvalue weighted by Gasteiger charge is 2.30. The van der Waals surface area contributed by atoms with Crippen LogP contribution in [0.1, 0.15) is 0 Å². The second-order valence-electron chi connectivity index (χ2n) is 6.24. The van der Waals surface area contributed by atoms with Crippen LogP contribution < -0.4 is 10.2 Å². The van der Waals surface area contributed by atoms with E-state index < -0.39 is 0 Å². The predicted octanol–water partition coefficient (Wildman–Crippen LogP) is 2.75. The second-order valence-corrected chi connectivity index (χ2v) is 6.24. The van der Waals surface area contributed by atoms with Crippen molar-refractivity contribution in [1.29, 1.82) is 0 Å². The monoisotopic (exact) mass is 361 g/mol. The molecule has 1 N–H and O–H groups in total. The maximum absolute atomic E-state index is 12.5. The normalized spacial score (nSPS) is 13.9. The molecule has 1 saturated heterocycles. The van der Waals surface area contributed by atoms with Crippen molar-refractivity contribution in [2.45, 2.75) is 0 Å². The Balaban J connectivity index is 1.35. The largest absolute Gasteiger partial charge is 0.325 e. The number of benzene rings is 2. The summed E-state index contributed by atoms with van der Waals surface area (Å²) in [5, 5.41) is 7.00. The average molecular weight is 361 g/mol. The third-order valence-corrected chi connectivity index (χ3v) is 4.42. The Bertz CT molecular complexity index is 923. The van der Waals surface area contributed by atoms with E-state index >= 15 is 0 Å². The molecule has 1 fully saturated rings. The summed E-state index contributed by atoms with van der Waals surface area (Å²) in [6, 6.07) is 18.6. The molecule has 7 heteroatoms. The molecule has 2 aromatic carbocycles. The van der Waals surface area contributed by atoms with Crippen LogP contribution in [0.3, 0.4) is 0 Å². The quantitative estimate of drug-likeness (QED) is 0.760. The first-order valence-corrected chi connectivity index (χ1v) is 8.72. The van der Waals surface area contributed by atoms with Gasteiger partial charge in [0.2, 0.25) is 5.91 Å². The van der Waals surface area contributed by atoms with Gasteiger partial charge in [0, 0.05) is 36.9 Å². The molecule has 0 atom stereocenters. The zero-order valence-electron chi connectivity index (χ0n) is 14.7. The van der Waals surface area contributed by atoms with E-state index in [-0.39, 0.29) is 18.5 Å². The van der Waals surface area contributed by atoms with Gasteiger partial charge in [-0.05, 0) is 42.5 Å². The van der Waals surface area contributed by atoms with Crippen molar-refractivity contribution in [2.75, 3.05) is 29.9 Å². The van der Waals surface area contributed by atoms with Crippen LogP contribution in [0.15, 0.2) is 73.1 Å². The van der Waals surface area contributed by atoms with Gasteiger partial charge in [-0.3, -0.25) is 9.69 Å². The summed E-state index contributed by atoms with van der Waals surface area (Å²) in [5.41, 5.74) is 2.44. The lowest BCUT2D eigenvalue weighted by molar-refractivity contribution is -0.116. The number of carbonyl (C=O) groups is 2. The maximum atomic E-state index is 12.5. The van der Waals surface area contributed by atoms with Crippen LogP contribution in [0.25, 0.3) is 5.69 Å². The van der Waals surface area contributed by atoms with Gasteiger partial charge in [0.25, 0.3) is 0 Å². The van der Waals surface area contributed by atoms with E-state index in [2.05, 4.69) is 10.4 Å². The number of nitrogens with one attached hydrogen (secondary N) is 1. The molecule has 1 aliphatic heterocycles. The Hall–Kier alpha value is -3.61. The number of urea groups is 1. The number of aromatic nitrogens is 2. The van der Waals surface area contributed by atoms with Crippen molar-refractivity contribution in [2.24, 2.45) is 0 Å². The fourth-order valence-corrected chi connectivity index (χ4v) is 3.07. The molecule has 0 saturated carbocycles. The topological polar surface area (TPSA) is 70.5 Å². The summed E-state index contributed by atoms with van der Waals surface area (Å²) in [6.45, 7) is 1.14. The van der Waals surface area contributed by atoms with Gasteiger partial charge >= 0.3 is 6.03 Å². The van der Waals surface area contributed by atoms with Crippen LogP contribution in [-0.4, -0.2) is 46.3 Å². The SMILES string of the molecule is O=C(CN1CCN(c2ccccc2)C1=O)Nc1ccc(-n2cccn2)cc1. The Kier molecular flexibility index (Phi) is 4.57. The number of hydrogen-bond donors (Lipinski definition) is 1. The highest BCUT2D eigenvalue weighted by Crippen LogP contribution is 2.20. The van der Waals surface area contributed by atoms with Gasteiger partial charge in [0.05, 0.1) is 5.69 Å². The molecule has 136 valence electrons. The van der Waals surface area contributed by atoms with Crippen LogP contribution in [0.4, 0.5) is 16.2 Å².